The summed E-state index contributed by atoms with van der Waals surface area (Å²) in [6.07, 6.45) is 1.50. The Bertz CT molecular complexity index is 511. The number of aromatic nitrogens is 1. The van der Waals surface area contributed by atoms with Gasteiger partial charge in [0.25, 0.3) is 5.24 Å². The summed E-state index contributed by atoms with van der Waals surface area (Å²) in [5, 5.41) is 0.502. The van der Waals surface area contributed by atoms with Crippen molar-refractivity contribution in [3.05, 3.63) is 41.6 Å². The van der Waals surface area contributed by atoms with Gasteiger partial charge in [0.05, 0.1) is 11.1 Å². The van der Waals surface area contributed by atoms with Crippen LogP contribution in [-0.4, -0.2) is 10.2 Å². The van der Waals surface area contributed by atoms with Crippen molar-refractivity contribution in [1.82, 2.24) is 4.98 Å². The summed E-state index contributed by atoms with van der Waals surface area (Å²) in [5.74, 6) is 0. The van der Waals surface area contributed by atoms with Gasteiger partial charge in [0, 0.05) is 11.6 Å². The number of hydrogen-bond acceptors (Lipinski definition) is 2. The van der Waals surface area contributed by atoms with Gasteiger partial charge in [-0.05, 0) is 36.2 Å². The third-order valence-corrected chi connectivity index (χ3v) is 2.39. The average Bonchev–Trinajstić information content (AvgIpc) is 2.18. The minimum absolute atomic E-state index is 0. The van der Waals surface area contributed by atoms with E-state index in [1.54, 1.807) is 6.07 Å². The normalized spacial score (nSPS) is 9.73. The van der Waals surface area contributed by atoms with Gasteiger partial charge in [-0.2, -0.15) is 0 Å². The van der Waals surface area contributed by atoms with Gasteiger partial charge in [0.15, 0.2) is 0 Å². The number of benzene rings is 1. The lowest BCUT2D eigenvalue weighted by atomic mass is 10.1. The second kappa shape index (κ2) is 4.60. The molecule has 2 rings (SSSR count). The molecule has 1 aromatic heterocycles. The van der Waals surface area contributed by atoms with E-state index in [9.17, 15) is 4.79 Å². The molecule has 2 aromatic rings. The number of rotatable bonds is 1. The van der Waals surface area contributed by atoms with Crippen molar-refractivity contribution in [2.45, 2.75) is 6.92 Å². The van der Waals surface area contributed by atoms with Gasteiger partial charge in [-0.15, -0.1) is 12.4 Å². The summed E-state index contributed by atoms with van der Waals surface area (Å²) in [5.41, 5.74) is 2.41. The minimum atomic E-state index is -0.470. The van der Waals surface area contributed by atoms with Crippen molar-refractivity contribution >= 4 is 40.2 Å². The van der Waals surface area contributed by atoms with E-state index in [0.29, 0.717) is 5.56 Å². The topological polar surface area (TPSA) is 30.0 Å². The number of halogens is 2. The molecular weight excluding hydrogens is 233 g/mol. The Hall–Kier alpha value is -1.12. The van der Waals surface area contributed by atoms with Crippen LogP contribution in [0.2, 0.25) is 0 Å². The van der Waals surface area contributed by atoms with E-state index in [-0.39, 0.29) is 12.4 Å². The molecule has 0 fully saturated rings. The van der Waals surface area contributed by atoms with Crippen LogP contribution in [0.4, 0.5) is 0 Å². The van der Waals surface area contributed by atoms with Crippen LogP contribution in [0.25, 0.3) is 10.9 Å². The Kier molecular flexibility index (Phi) is 3.66. The molecule has 1 aromatic carbocycles. The molecule has 2 nitrogen and oxygen atoms in total. The lowest BCUT2D eigenvalue weighted by molar-refractivity contribution is 0.108. The molecule has 0 unspecified atom stereocenters. The monoisotopic (exact) mass is 241 g/mol. The molecule has 0 aliphatic carbocycles. The molecule has 0 N–H and O–H groups in total. The maximum absolute atomic E-state index is 10.9. The molecule has 0 radical (unpaired) electrons. The zero-order chi connectivity index (χ0) is 10.1. The zero-order valence-corrected chi connectivity index (χ0v) is 9.60. The minimum Gasteiger partial charge on any atom is -0.276 e. The first-order chi connectivity index (χ1) is 6.68. The van der Waals surface area contributed by atoms with E-state index in [4.69, 9.17) is 11.6 Å². The number of aryl methyl sites for hydroxylation is 1. The first kappa shape index (κ1) is 12.0. The standard InChI is InChI=1S/C11H8ClNO.ClH/c1-7-3-2-4-10-9(7)5-8(6-13-10)11(12)14;/h2-6H,1H3;1H. The highest BCUT2D eigenvalue weighted by Crippen LogP contribution is 2.18. The fourth-order valence-corrected chi connectivity index (χ4v) is 1.51. The largest absolute Gasteiger partial charge is 0.276 e. The zero-order valence-electron chi connectivity index (χ0n) is 8.03. The quantitative estimate of drug-likeness (QED) is 0.718. The predicted octanol–water partition coefficient (Wildman–Crippen LogP) is 3.34. The number of hydrogen-bond donors (Lipinski definition) is 0. The first-order valence-electron chi connectivity index (χ1n) is 4.23. The molecule has 0 saturated heterocycles. The fourth-order valence-electron chi connectivity index (χ4n) is 1.40. The Balaban J connectivity index is 0.00000112. The summed E-state index contributed by atoms with van der Waals surface area (Å²) in [7, 11) is 0. The molecule has 0 atom stereocenters. The van der Waals surface area contributed by atoms with Gasteiger partial charge >= 0.3 is 0 Å². The molecule has 0 amide bonds. The number of fused-ring (bicyclic) bond motifs is 1. The second-order valence-corrected chi connectivity index (χ2v) is 3.48. The van der Waals surface area contributed by atoms with E-state index >= 15 is 0 Å². The lowest BCUT2D eigenvalue weighted by Gasteiger charge is -2.01. The predicted molar refractivity (Wildman–Crippen MR) is 63.9 cm³/mol. The van der Waals surface area contributed by atoms with E-state index < -0.39 is 5.24 Å². The van der Waals surface area contributed by atoms with Crippen LogP contribution in [0.1, 0.15) is 15.9 Å². The highest BCUT2D eigenvalue weighted by molar-refractivity contribution is 6.67. The molecule has 0 aliphatic rings. The van der Waals surface area contributed by atoms with Crippen LogP contribution in [0.5, 0.6) is 0 Å². The maximum atomic E-state index is 10.9. The molecule has 0 aliphatic heterocycles. The average molecular weight is 242 g/mol. The molecular formula is C11H9Cl2NO. The molecule has 78 valence electrons. The number of pyridine rings is 1. The third-order valence-electron chi connectivity index (χ3n) is 2.17. The Morgan fingerprint density at radius 1 is 1.40 bits per heavy atom. The van der Waals surface area contributed by atoms with Crippen LogP contribution in [-0.2, 0) is 0 Å². The second-order valence-electron chi connectivity index (χ2n) is 3.14. The van der Waals surface area contributed by atoms with E-state index in [1.165, 1.54) is 6.20 Å². The highest BCUT2D eigenvalue weighted by Gasteiger charge is 2.04. The number of carbonyl (C=O) groups is 1. The van der Waals surface area contributed by atoms with E-state index in [0.717, 1.165) is 16.5 Å². The molecule has 0 bridgehead atoms. The van der Waals surface area contributed by atoms with E-state index in [2.05, 4.69) is 4.98 Å². The summed E-state index contributed by atoms with van der Waals surface area (Å²) >= 11 is 5.38. The van der Waals surface area contributed by atoms with Crippen molar-refractivity contribution in [3.63, 3.8) is 0 Å². The van der Waals surface area contributed by atoms with Gasteiger partial charge in [0.2, 0.25) is 0 Å². The van der Waals surface area contributed by atoms with Crippen LogP contribution in [0.3, 0.4) is 0 Å². The van der Waals surface area contributed by atoms with Crippen LogP contribution in [0, 0.1) is 6.92 Å². The molecule has 0 spiro atoms. The van der Waals surface area contributed by atoms with Gasteiger partial charge in [-0.1, -0.05) is 12.1 Å². The van der Waals surface area contributed by atoms with Gasteiger partial charge in [-0.3, -0.25) is 9.78 Å². The summed E-state index contributed by atoms with van der Waals surface area (Å²) in [6, 6.07) is 7.59. The highest BCUT2D eigenvalue weighted by atomic mass is 35.5. The van der Waals surface area contributed by atoms with Crippen LogP contribution >= 0.6 is 24.0 Å². The lowest BCUT2D eigenvalue weighted by Crippen LogP contribution is -1.91. The Morgan fingerprint density at radius 3 is 2.80 bits per heavy atom. The smallest absolute Gasteiger partial charge is 0.253 e. The molecule has 1 heterocycles. The van der Waals surface area contributed by atoms with Gasteiger partial charge in [-0.25, -0.2) is 0 Å². The fraction of sp³-hybridized carbons (Fsp3) is 0.0909. The summed E-state index contributed by atoms with van der Waals surface area (Å²) < 4.78 is 0. The summed E-state index contributed by atoms with van der Waals surface area (Å²) in [4.78, 5) is 15.1. The third kappa shape index (κ3) is 2.28. The van der Waals surface area contributed by atoms with Crippen molar-refractivity contribution in [2.75, 3.05) is 0 Å². The van der Waals surface area contributed by atoms with Gasteiger partial charge in [0.1, 0.15) is 0 Å². The Morgan fingerprint density at radius 2 is 2.13 bits per heavy atom. The van der Waals surface area contributed by atoms with Gasteiger partial charge < -0.3 is 0 Å². The Labute approximate surface area is 98.7 Å². The van der Waals surface area contributed by atoms with Crippen LogP contribution in [0.15, 0.2) is 30.5 Å². The SMILES string of the molecule is Cc1cccc2ncc(C(=O)Cl)cc12.Cl. The van der Waals surface area contributed by atoms with Crippen molar-refractivity contribution in [2.24, 2.45) is 0 Å². The van der Waals surface area contributed by atoms with Crippen molar-refractivity contribution in [3.8, 4) is 0 Å². The van der Waals surface area contributed by atoms with Crippen LogP contribution < -0.4 is 0 Å². The van der Waals surface area contributed by atoms with Crippen molar-refractivity contribution in [1.29, 1.82) is 0 Å². The number of nitrogens with zero attached hydrogens (tertiary/aromatic N) is 1. The molecule has 4 heteroatoms. The summed E-state index contributed by atoms with van der Waals surface area (Å²) in [6.45, 7) is 1.98. The van der Waals surface area contributed by atoms with Crippen molar-refractivity contribution < 1.29 is 4.79 Å². The van der Waals surface area contributed by atoms with E-state index in [1.807, 2.05) is 25.1 Å². The number of carbonyl (C=O) groups excluding carboxylic acids is 1. The first-order valence-corrected chi connectivity index (χ1v) is 4.61. The maximum Gasteiger partial charge on any atom is 0.253 e. The molecule has 0 saturated carbocycles. The molecule has 15 heavy (non-hydrogen) atoms.